The molecule has 0 aromatic heterocycles. The highest BCUT2D eigenvalue weighted by atomic mass is 16.7. The van der Waals surface area contributed by atoms with Crippen molar-refractivity contribution in [1.29, 1.82) is 0 Å². The minimum atomic E-state index is 0.264. The maximum Gasteiger partial charge on any atom is 0.329 e. The molecule has 0 aliphatic rings. The van der Waals surface area contributed by atoms with Crippen molar-refractivity contribution in [1.82, 2.24) is 0 Å². The molecule has 0 spiro atoms. The SMILES string of the molecule is C[N+](C)=NOC=O. The van der Waals surface area contributed by atoms with Gasteiger partial charge in [0.15, 0.2) is 19.4 Å². The lowest BCUT2D eigenvalue weighted by Crippen LogP contribution is -1.92. The van der Waals surface area contributed by atoms with Gasteiger partial charge in [-0.2, -0.15) is 0 Å². The fourth-order valence-electron chi connectivity index (χ4n) is 0.114. The van der Waals surface area contributed by atoms with E-state index in [-0.39, 0.29) is 6.47 Å². The summed E-state index contributed by atoms with van der Waals surface area (Å²) in [6, 6.07) is 0. The van der Waals surface area contributed by atoms with Crippen molar-refractivity contribution in [2.24, 2.45) is 5.28 Å². The Morgan fingerprint density at radius 2 is 2.29 bits per heavy atom. The molecule has 0 unspecified atom stereocenters. The Balaban J connectivity index is 3.25. The number of hydrogen-bond acceptors (Lipinski definition) is 3. The predicted molar refractivity (Wildman–Crippen MR) is 21.7 cm³/mol. The first kappa shape index (κ1) is 6.07. The number of rotatable bonds is 2. The third kappa shape index (κ3) is 5.07. The summed E-state index contributed by atoms with van der Waals surface area (Å²) in [5.74, 6) is 0. The van der Waals surface area contributed by atoms with E-state index in [1.165, 1.54) is 4.70 Å². The van der Waals surface area contributed by atoms with E-state index in [0.717, 1.165) is 0 Å². The summed E-state index contributed by atoms with van der Waals surface area (Å²) in [4.78, 5) is 13.3. The molecule has 4 nitrogen and oxygen atoms in total. The van der Waals surface area contributed by atoms with Gasteiger partial charge in [-0.3, -0.25) is 9.63 Å². The molecule has 0 fully saturated rings. The molecule has 0 N–H and O–H groups in total. The summed E-state index contributed by atoms with van der Waals surface area (Å²) in [7, 11) is 3.31. The fraction of sp³-hybridized carbons (Fsp3) is 0.667. The van der Waals surface area contributed by atoms with Gasteiger partial charge in [-0.15, -0.1) is 0 Å². The summed E-state index contributed by atoms with van der Waals surface area (Å²) in [6.45, 7) is 0.264. The normalized spacial score (nSPS) is 7.14. The summed E-state index contributed by atoms with van der Waals surface area (Å²) >= 11 is 0. The van der Waals surface area contributed by atoms with Gasteiger partial charge in [-0.05, 0) is 0 Å². The van der Waals surface area contributed by atoms with Gasteiger partial charge in [0.1, 0.15) is 0 Å². The molecule has 0 amide bonds. The van der Waals surface area contributed by atoms with Gasteiger partial charge in [0, 0.05) is 0 Å². The molecule has 0 aliphatic carbocycles. The molecule has 0 aromatic rings. The molecule has 40 valence electrons. The Morgan fingerprint density at radius 1 is 1.71 bits per heavy atom. The maximum atomic E-state index is 9.37. The summed E-state index contributed by atoms with van der Waals surface area (Å²) < 4.78 is 1.38. The van der Waals surface area contributed by atoms with Gasteiger partial charge in [0.2, 0.25) is 0 Å². The van der Waals surface area contributed by atoms with Gasteiger partial charge in [0.05, 0.1) is 0 Å². The molecule has 0 atom stereocenters. The Hall–Kier alpha value is -0.930. The Morgan fingerprint density at radius 3 is 2.43 bits per heavy atom. The van der Waals surface area contributed by atoms with Crippen LogP contribution >= 0.6 is 0 Å². The van der Waals surface area contributed by atoms with Crippen LogP contribution in [0.2, 0.25) is 0 Å². The Bertz CT molecular complexity index is 84.9. The largest absolute Gasteiger partial charge is 0.329 e. The van der Waals surface area contributed by atoms with Crippen LogP contribution in [0.5, 0.6) is 0 Å². The fourth-order valence-corrected chi connectivity index (χ4v) is 0.114. The third-order valence-corrected chi connectivity index (χ3v) is 0.253. The lowest BCUT2D eigenvalue weighted by atomic mass is 11.2. The van der Waals surface area contributed by atoms with Crippen molar-refractivity contribution in [2.75, 3.05) is 14.1 Å². The van der Waals surface area contributed by atoms with Crippen LogP contribution in [0.1, 0.15) is 0 Å². The smallest absolute Gasteiger partial charge is 0.272 e. The summed E-state index contributed by atoms with van der Waals surface area (Å²) in [5, 5.41) is 3.21. The molecule has 0 bridgehead atoms. The molecule has 0 saturated heterocycles. The van der Waals surface area contributed by atoms with Crippen molar-refractivity contribution < 1.29 is 14.3 Å². The molecular weight excluding hydrogens is 96.0 g/mol. The monoisotopic (exact) mass is 103 g/mol. The molecule has 4 heteroatoms. The lowest BCUT2D eigenvalue weighted by molar-refractivity contribution is -0.561. The Labute approximate surface area is 41.4 Å². The van der Waals surface area contributed by atoms with Crippen LogP contribution in [0.25, 0.3) is 0 Å². The zero-order valence-electron chi connectivity index (χ0n) is 4.29. The second kappa shape index (κ2) is 3.27. The highest BCUT2D eigenvalue weighted by molar-refractivity contribution is 5.36. The van der Waals surface area contributed by atoms with Crippen molar-refractivity contribution >= 4 is 6.47 Å². The number of nitrogens with zero attached hydrogens (tertiary/aromatic N) is 2. The molecular formula is C3H7N2O2+. The predicted octanol–water partition coefficient (Wildman–Crippen LogP) is -0.201. The average molecular weight is 103 g/mol. The quantitative estimate of drug-likeness (QED) is 0.210. The lowest BCUT2D eigenvalue weighted by Gasteiger charge is -1.74. The van der Waals surface area contributed by atoms with E-state index in [1.807, 2.05) is 0 Å². The van der Waals surface area contributed by atoms with E-state index in [1.54, 1.807) is 14.1 Å². The zero-order chi connectivity index (χ0) is 5.70. The number of carbonyl (C=O) groups excluding carboxylic acids is 1. The standard InChI is InChI=1S/C3H7N2O2/c1-5(2)4-7-3-6/h3H,1-2H3/q+1. The van der Waals surface area contributed by atoms with Crippen LogP contribution in [0.4, 0.5) is 0 Å². The molecule has 0 aromatic carbocycles. The first-order valence-electron chi connectivity index (χ1n) is 1.75. The number of carbonyl (C=O) groups is 1. The minimum Gasteiger partial charge on any atom is -0.272 e. The van der Waals surface area contributed by atoms with Gasteiger partial charge in [-0.1, -0.05) is 4.70 Å². The van der Waals surface area contributed by atoms with E-state index in [9.17, 15) is 4.79 Å². The highest BCUT2D eigenvalue weighted by Gasteiger charge is 1.79. The summed E-state index contributed by atoms with van der Waals surface area (Å²) in [6.07, 6.45) is 0. The van der Waals surface area contributed by atoms with E-state index < -0.39 is 0 Å². The first-order chi connectivity index (χ1) is 3.27. The highest BCUT2D eigenvalue weighted by Crippen LogP contribution is 1.65. The molecule has 0 aliphatic heterocycles. The van der Waals surface area contributed by atoms with Crippen LogP contribution in [-0.4, -0.2) is 25.3 Å². The second-order valence-electron chi connectivity index (χ2n) is 1.13. The molecule has 0 radical (unpaired) electrons. The van der Waals surface area contributed by atoms with E-state index in [0.29, 0.717) is 0 Å². The van der Waals surface area contributed by atoms with E-state index in [4.69, 9.17) is 0 Å². The van der Waals surface area contributed by atoms with Gasteiger partial charge in [0.25, 0.3) is 0 Å². The van der Waals surface area contributed by atoms with Crippen LogP contribution in [0, 0.1) is 0 Å². The van der Waals surface area contributed by atoms with Crippen molar-refractivity contribution in [3.05, 3.63) is 0 Å². The zero-order valence-corrected chi connectivity index (χ0v) is 4.29. The molecule has 0 rings (SSSR count). The molecule has 0 heterocycles. The van der Waals surface area contributed by atoms with Crippen molar-refractivity contribution in [3.8, 4) is 0 Å². The van der Waals surface area contributed by atoms with Crippen molar-refractivity contribution in [2.45, 2.75) is 0 Å². The van der Waals surface area contributed by atoms with Gasteiger partial charge < -0.3 is 0 Å². The molecule has 0 saturated carbocycles. The van der Waals surface area contributed by atoms with Crippen LogP contribution in [0.15, 0.2) is 5.28 Å². The minimum absolute atomic E-state index is 0.264. The summed E-state index contributed by atoms with van der Waals surface area (Å²) in [5.41, 5.74) is 0. The van der Waals surface area contributed by atoms with E-state index in [2.05, 4.69) is 10.1 Å². The van der Waals surface area contributed by atoms with Crippen molar-refractivity contribution in [3.63, 3.8) is 0 Å². The second-order valence-corrected chi connectivity index (χ2v) is 1.13. The molecule has 7 heavy (non-hydrogen) atoms. The van der Waals surface area contributed by atoms with Gasteiger partial charge >= 0.3 is 6.47 Å². The topological polar surface area (TPSA) is 41.7 Å². The van der Waals surface area contributed by atoms with E-state index >= 15 is 0 Å². The van der Waals surface area contributed by atoms with Crippen LogP contribution < -0.4 is 0 Å². The average Bonchev–Trinajstić information content (AvgIpc) is 1.61. The first-order valence-corrected chi connectivity index (χ1v) is 1.75. The van der Waals surface area contributed by atoms with Gasteiger partial charge in [-0.25, -0.2) is 0 Å². The van der Waals surface area contributed by atoms with Crippen LogP contribution in [-0.2, 0) is 9.63 Å². The maximum absolute atomic E-state index is 9.37. The number of hydrogen-bond donors (Lipinski definition) is 0. The Kier molecular flexibility index (Phi) is 2.83. The third-order valence-electron chi connectivity index (χ3n) is 0.253. The van der Waals surface area contributed by atoms with Crippen LogP contribution in [0.3, 0.4) is 0 Å².